The number of nitrogens with zero attached hydrogens (tertiary/aromatic N) is 3. The lowest BCUT2D eigenvalue weighted by Crippen LogP contribution is -1.99. The molecule has 0 fully saturated rings. The third kappa shape index (κ3) is 3.34. The Morgan fingerprint density at radius 3 is 2.00 bits per heavy atom. The lowest BCUT2D eigenvalue weighted by Gasteiger charge is -2.11. The number of hydrogen-bond acceptors (Lipinski definition) is 1. The molecule has 0 spiro atoms. The van der Waals surface area contributed by atoms with Crippen molar-refractivity contribution in [1.82, 2.24) is 14.1 Å². The third-order valence-electron chi connectivity index (χ3n) is 8.11. The van der Waals surface area contributed by atoms with Gasteiger partial charge < -0.3 is 4.57 Å². The Bertz CT molecular complexity index is 2180. The molecule has 0 radical (unpaired) electrons. The van der Waals surface area contributed by atoms with Crippen LogP contribution >= 0.6 is 0 Å². The van der Waals surface area contributed by atoms with Crippen molar-refractivity contribution in [3.8, 4) is 22.8 Å². The average molecular weight is 514 g/mol. The first-order valence-corrected chi connectivity index (χ1v) is 13.9. The van der Waals surface area contributed by atoms with Crippen LogP contribution in [-0.2, 0) is 6.42 Å². The van der Waals surface area contributed by atoms with E-state index >= 15 is 0 Å². The number of benzene rings is 5. The van der Waals surface area contributed by atoms with Crippen LogP contribution in [-0.4, -0.2) is 14.1 Å². The van der Waals surface area contributed by atoms with Crippen LogP contribution in [0.3, 0.4) is 0 Å². The molecule has 0 atom stereocenters. The van der Waals surface area contributed by atoms with Gasteiger partial charge in [-0.1, -0.05) is 97.9 Å². The van der Waals surface area contributed by atoms with Gasteiger partial charge in [0.2, 0.25) is 0 Å². The van der Waals surface area contributed by atoms with Crippen molar-refractivity contribution in [2.45, 2.75) is 13.3 Å². The van der Waals surface area contributed by atoms with E-state index in [0.717, 1.165) is 29.0 Å². The highest BCUT2D eigenvalue weighted by molar-refractivity contribution is 6.26. The Hall–Kier alpha value is -5.15. The molecule has 190 valence electrons. The quantitative estimate of drug-likeness (QED) is 0.230. The fourth-order valence-electron chi connectivity index (χ4n) is 6.22. The van der Waals surface area contributed by atoms with Crippen LogP contribution in [0.4, 0.5) is 0 Å². The molecular weight excluding hydrogens is 486 g/mol. The predicted molar refractivity (Wildman–Crippen MR) is 168 cm³/mol. The maximum absolute atomic E-state index is 5.21. The second-order valence-corrected chi connectivity index (χ2v) is 10.3. The summed E-state index contributed by atoms with van der Waals surface area (Å²) in [5.74, 6) is 0.921. The normalized spacial score (nSPS) is 11.7. The lowest BCUT2D eigenvalue weighted by atomic mass is 10.1. The van der Waals surface area contributed by atoms with E-state index in [1.165, 1.54) is 49.3 Å². The molecule has 40 heavy (non-hydrogen) atoms. The van der Waals surface area contributed by atoms with Gasteiger partial charge in [0.1, 0.15) is 5.82 Å². The fraction of sp³-hybridized carbons (Fsp3) is 0.0541. The predicted octanol–water partition coefficient (Wildman–Crippen LogP) is 9.51. The van der Waals surface area contributed by atoms with Gasteiger partial charge in [0.15, 0.2) is 0 Å². The summed E-state index contributed by atoms with van der Waals surface area (Å²) in [5.41, 5.74) is 9.35. The molecule has 8 rings (SSSR count). The summed E-state index contributed by atoms with van der Waals surface area (Å²) >= 11 is 0. The van der Waals surface area contributed by atoms with Gasteiger partial charge in [-0.3, -0.25) is 4.57 Å². The maximum atomic E-state index is 5.21. The van der Waals surface area contributed by atoms with Crippen molar-refractivity contribution < 1.29 is 0 Å². The summed E-state index contributed by atoms with van der Waals surface area (Å²) in [6, 6.07) is 47.7. The van der Waals surface area contributed by atoms with E-state index < -0.39 is 0 Å². The third-order valence-corrected chi connectivity index (χ3v) is 8.11. The zero-order valence-corrected chi connectivity index (χ0v) is 22.3. The molecule has 0 saturated heterocycles. The van der Waals surface area contributed by atoms with Crippen LogP contribution in [0.2, 0.25) is 0 Å². The molecule has 0 aliphatic heterocycles. The molecule has 0 saturated carbocycles. The van der Waals surface area contributed by atoms with Crippen LogP contribution in [0.1, 0.15) is 12.5 Å². The number of pyridine rings is 1. The van der Waals surface area contributed by atoms with E-state index in [0.29, 0.717) is 0 Å². The highest BCUT2D eigenvalue weighted by Gasteiger charge is 2.21. The molecule has 3 heteroatoms. The highest BCUT2D eigenvalue weighted by atomic mass is 15.1. The van der Waals surface area contributed by atoms with Crippen molar-refractivity contribution in [2.75, 3.05) is 0 Å². The van der Waals surface area contributed by atoms with E-state index in [2.05, 4.69) is 143 Å². The number of aryl methyl sites for hydroxylation is 1. The summed E-state index contributed by atoms with van der Waals surface area (Å²) in [4.78, 5) is 5.21. The van der Waals surface area contributed by atoms with Crippen LogP contribution < -0.4 is 0 Å². The molecule has 0 unspecified atom stereocenters. The molecule has 3 nitrogen and oxygen atoms in total. The summed E-state index contributed by atoms with van der Waals surface area (Å²) < 4.78 is 4.76. The molecule has 5 aromatic carbocycles. The van der Waals surface area contributed by atoms with E-state index in [-0.39, 0.29) is 0 Å². The van der Waals surface area contributed by atoms with Gasteiger partial charge >= 0.3 is 0 Å². The van der Waals surface area contributed by atoms with Gasteiger partial charge in [0, 0.05) is 32.8 Å². The molecule has 0 amide bonds. The van der Waals surface area contributed by atoms with E-state index in [1.807, 2.05) is 6.07 Å². The van der Waals surface area contributed by atoms with Crippen LogP contribution in [0.15, 0.2) is 133 Å². The standard InChI is InChI=1S/C37H27N3/c1-2-25-19-21-27(22-20-25)39-33-17-9-7-14-30(33)36-34(39)24-23-29-28-13-6-8-16-32(28)40(37(29)36)35-18-10-15-31(38-35)26-11-4-3-5-12-26/h3-24H,2H2,1H3. The zero-order chi connectivity index (χ0) is 26.6. The van der Waals surface area contributed by atoms with Crippen molar-refractivity contribution in [3.05, 3.63) is 139 Å². The van der Waals surface area contributed by atoms with Gasteiger partial charge in [-0.15, -0.1) is 0 Å². The molecule has 8 aromatic rings. The second-order valence-electron chi connectivity index (χ2n) is 10.3. The molecular formula is C37H27N3. The lowest BCUT2D eigenvalue weighted by molar-refractivity contribution is 1.09. The SMILES string of the molecule is CCc1ccc(-n2c3ccccc3c3c2ccc2c4ccccc4n(-c4cccc(-c5ccccc5)n4)c23)cc1. The molecule has 3 aromatic heterocycles. The molecule has 0 aliphatic carbocycles. The average Bonchev–Trinajstić information content (AvgIpc) is 3.54. The Morgan fingerprint density at radius 1 is 0.525 bits per heavy atom. The van der Waals surface area contributed by atoms with Crippen molar-refractivity contribution in [3.63, 3.8) is 0 Å². The van der Waals surface area contributed by atoms with E-state index in [4.69, 9.17) is 4.98 Å². The van der Waals surface area contributed by atoms with Gasteiger partial charge in [0.25, 0.3) is 0 Å². The van der Waals surface area contributed by atoms with Crippen molar-refractivity contribution >= 4 is 43.6 Å². The second kappa shape index (κ2) is 8.96. The number of aromatic nitrogens is 3. The Morgan fingerprint density at radius 2 is 1.23 bits per heavy atom. The van der Waals surface area contributed by atoms with E-state index in [1.54, 1.807) is 0 Å². The minimum atomic E-state index is 0.921. The van der Waals surface area contributed by atoms with Crippen LogP contribution in [0, 0.1) is 0 Å². The van der Waals surface area contributed by atoms with E-state index in [9.17, 15) is 0 Å². The monoisotopic (exact) mass is 513 g/mol. The van der Waals surface area contributed by atoms with Crippen LogP contribution in [0.5, 0.6) is 0 Å². The Kier molecular flexibility index (Phi) is 5.11. The zero-order valence-electron chi connectivity index (χ0n) is 22.3. The number of fused-ring (bicyclic) bond motifs is 7. The maximum Gasteiger partial charge on any atom is 0.138 e. The summed E-state index contributed by atoms with van der Waals surface area (Å²) in [6.45, 7) is 2.20. The minimum absolute atomic E-state index is 0.921. The molecule has 0 aliphatic rings. The minimum Gasteiger partial charge on any atom is -0.309 e. The number of rotatable bonds is 4. The first-order valence-electron chi connectivity index (χ1n) is 13.9. The van der Waals surface area contributed by atoms with Gasteiger partial charge in [-0.25, -0.2) is 4.98 Å². The summed E-state index contributed by atoms with van der Waals surface area (Å²) in [7, 11) is 0. The van der Waals surface area contributed by atoms with Crippen LogP contribution in [0.25, 0.3) is 66.4 Å². The number of hydrogen-bond donors (Lipinski definition) is 0. The highest BCUT2D eigenvalue weighted by Crippen LogP contribution is 2.41. The smallest absolute Gasteiger partial charge is 0.138 e. The first kappa shape index (κ1) is 22.8. The fourth-order valence-corrected chi connectivity index (χ4v) is 6.22. The largest absolute Gasteiger partial charge is 0.309 e. The number of para-hydroxylation sites is 2. The van der Waals surface area contributed by atoms with Crippen molar-refractivity contribution in [1.29, 1.82) is 0 Å². The van der Waals surface area contributed by atoms with Gasteiger partial charge in [-0.05, 0) is 54.4 Å². The Labute approximate surface area is 232 Å². The van der Waals surface area contributed by atoms with Crippen molar-refractivity contribution in [2.24, 2.45) is 0 Å². The summed E-state index contributed by atoms with van der Waals surface area (Å²) in [5, 5.41) is 4.96. The first-order chi connectivity index (χ1) is 19.8. The van der Waals surface area contributed by atoms with Gasteiger partial charge in [-0.2, -0.15) is 0 Å². The molecule has 3 heterocycles. The molecule has 0 bridgehead atoms. The summed E-state index contributed by atoms with van der Waals surface area (Å²) in [6.07, 6.45) is 1.03. The molecule has 0 N–H and O–H groups in total. The Balaban J connectivity index is 1.51. The van der Waals surface area contributed by atoms with Gasteiger partial charge in [0.05, 0.1) is 27.8 Å². The topological polar surface area (TPSA) is 22.8 Å².